The minimum absolute atomic E-state index is 0.0402. The van der Waals surface area contributed by atoms with Crippen LogP contribution in [0.4, 0.5) is 8.78 Å². The first-order chi connectivity index (χ1) is 15.2. The fraction of sp³-hybridized carbons (Fsp3) is 0.286. The van der Waals surface area contributed by atoms with Gasteiger partial charge in [-0.2, -0.15) is 5.26 Å². The lowest BCUT2D eigenvalue weighted by atomic mass is 9.97. The third-order valence-electron chi connectivity index (χ3n) is 4.88. The van der Waals surface area contributed by atoms with Crippen molar-refractivity contribution in [2.75, 3.05) is 6.61 Å². The second-order valence-corrected chi connectivity index (χ2v) is 8.58. The van der Waals surface area contributed by atoms with Crippen LogP contribution in [0, 0.1) is 23.0 Å². The van der Waals surface area contributed by atoms with Crippen molar-refractivity contribution in [2.24, 2.45) is 5.73 Å². The van der Waals surface area contributed by atoms with Crippen molar-refractivity contribution >= 4 is 29.1 Å². The Morgan fingerprint density at radius 2 is 1.97 bits per heavy atom. The zero-order valence-electron chi connectivity index (χ0n) is 16.5. The van der Waals surface area contributed by atoms with E-state index in [2.05, 4.69) is 5.32 Å². The molecule has 0 saturated carbocycles. The smallest absolute Gasteiger partial charge is 0.159 e. The van der Waals surface area contributed by atoms with E-state index in [1.54, 1.807) is 12.1 Å². The second kappa shape index (κ2) is 10.5. The van der Waals surface area contributed by atoms with Crippen LogP contribution in [0.3, 0.4) is 0 Å². The Morgan fingerprint density at radius 1 is 1.22 bits per heavy atom. The molecule has 1 saturated heterocycles. The molecule has 32 heavy (non-hydrogen) atoms. The van der Waals surface area contributed by atoms with Gasteiger partial charge in [0.2, 0.25) is 0 Å². The number of nitrogens with zero attached hydrogens (tertiary/aromatic N) is 1. The van der Waals surface area contributed by atoms with E-state index >= 15 is 0 Å². The summed E-state index contributed by atoms with van der Waals surface area (Å²) >= 11 is 7.15. The molecule has 0 aliphatic carbocycles. The summed E-state index contributed by atoms with van der Waals surface area (Å²) in [5, 5.41) is 42.9. The molecule has 6 N–H and O–H groups in total. The van der Waals surface area contributed by atoms with E-state index in [-0.39, 0.29) is 16.3 Å². The van der Waals surface area contributed by atoms with Gasteiger partial charge in [0.25, 0.3) is 0 Å². The Balaban J connectivity index is 1.79. The number of ether oxygens (including phenoxy) is 1. The fourth-order valence-corrected chi connectivity index (χ4v) is 4.52. The number of hydrogen-bond acceptors (Lipinski definition) is 8. The van der Waals surface area contributed by atoms with Gasteiger partial charge in [-0.1, -0.05) is 23.4 Å². The normalized spacial score (nSPS) is 25.9. The summed E-state index contributed by atoms with van der Waals surface area (Å²) in [5.41, 5.74) is 5.54. The molecule has 11 heteroatoms. The van der Waals surface area contributed by atoms with E-state index in [0.717, 1.165) is 23.9 Å². The number of aliphatic hydroxyl groups is 3. The Morgan fingerprint density at radius 3 is 2.59 bits per heavy atom. The maximum Gasteiger partial charge on any atom is 0.159 e. The lowest BCUT2D eigenvalue weighted by Gasteiger charge is -2.42. The number of thioether (sulfide) groups is 1. The first kappa shape index (κ1) is 24.3. The van der Waals surface area contributed by atoms with Gasteiger partial charge in [0.05, 0.1) is 28.9 Å². The number of benzene rings is 2. The molecule has 2 aromatic carbocycles. The van der Waals surface area contributed by atoms with Gasteiger partial charge in [0.1, 0.15) is 29.8 Å². The highest BCUT2D eigenvalue weighted by Gasteiger charge is 2.44. The molecule has 0 bridgehead atoms. The van der Waals surface area contributed by atoms with Crippen molar-refractivity contribution in [1.29, 1.82) is 5.26 Å². The van der Waals surface area contributed by atoms with Crippen molar-refractivity contribution in [2.45, 2.75) is 34.7 Å². The van der Waals surface area contributed by atoms with Crippen LogP contribution in [-0.2, 0) is 4.74 Å². The monoisotopic (exact) mass is 483 g/mol. The molecule has 1 aliphatic heterocycles. The highest BCUT2D eigenvalue weighted by atomic mass is 35.5. The van der Waals surface area contributed by atoms with Gasteiger partial charge in [-0.3, -0.25) is 0 Å². The summed E-state index contributed by atoms with van der Waals surface area (Å²) in [4.78, 5) is 0.599. The molecule has 5 atom stereocenters. The maximum absolute atomic E-state index is 13.5. The molecule has 0 radical (unpaired) electrons. The minimum Gasteiger partial charge on any atom is -0.397 e. The number of hydrogen-bond donors (Lipinski definition) is 5. The fourth-order valence-electron chi connectivity index (χ4n) is 3.12. The SMILES string of the molecule is N#Cc1ccc(SC2OC(CO)C(O)C(N/C=C(\N)c3ccc(F)c(F)c3)C2O)cc1Cl. The number of nitriles is 1. The van der Waals surface area contributed by atoms with E-state index < -0.39 is 48.0 Å². The topological polar surface area (TPSA) is 132 Å². The van der Waals surface area contributed by atoms with Gasteiger partial charge in [-0.15, -0.1) is 0 Å². The highest BCUT2D eigenvalue weighted by molar-refractivity contribution is 7.99. The van der Waals surface area contributed by atoms with Gasteiger partial charge >= 0.3 is 0 Å². The lowest BCUT2D eigenvalue weighted by Crippen LogP contribution is -2.62. The molecule has 0 spiro atoms. The van der Waals surface area contributed by atoms with Crippen molar-refractivity contribution < 1.29 is 28.8 Å². The van der Waals surface area contributed by atoms with Crippen LogP contribution >= 0.6 is 23.4 Å². The van der Waals surface area contributed by atoms with Crippen LogP contribution in [0.25, 0.3) is 5.70 Å². The summed E-state index contributed by atoms with van der Waals surface area (Å²) < 4.78 is 32.2. The molecule has 170 valence electrons. The number of halogens is 3. The van der Waals surface area contributed by atoms with Crippen LogP contribution in [0.2, 0.25) is 5.02 Å². The third kappa shape index (κ3) is 5.32. The lowest BCUT2D eigenvalue weighted by molar-refractivity contribution is -0.164. The third-order valence-corrected chi connectivity index (χ3v) is 6.34. The predicted octanol–water partition coefficient (Wildman–Crippen LogP) is 1.94. The Labute approximate surface area is 192 Å². The molecule has 7 nitrogen and oxygen atoms in total. The van der Waals surface area contributed by atoms with Crippen LogP contribution in [-0.4, -0.2) is 51.7 Å². The van der Waals surface area contributed by atoms with Crippen molar-refractivity contribution in [3.63, 3.8) is 0 Å². The maximum atomic E-state index is 13.5. The van der Waals surface area contributed by atoms with Gasteiger partial charge < -0.3 is 31.1 Å². The van der Waals surface area contributed by atoms with Crippen molar-refractivity contribution in [3.8, 4) is 6.07 Å². The number of aliphatic hydroxyl groups excluding tert-OH is 3. The van der Waals surface area contributed by atoms with Gasteiger partial charge in [0.15, 0.2) is 11.6 Å². The largest absolute Gasteiger partial charge is 0.397 e. The van der Waals surface area contributed by atoms with Crippen LogP contribution in [0.1, 0.15) is 11.1 Å². The van der Waals surface area contributed by atoms with Gasteiger partial charge in [-0.05, 0) is 36.4 Å². The van der Waals surface area contributed by atoms with E-state index in [4.69, 9.17) is 27.3 Å². The number of rotatable bonds is 6. The molecule has 0 aromatic heterocycles. The summed E-state index contributed by atoms with van der Waals surface area (Å²) in [5.74, 6) is -2.08. The van der Waals surface area contributed by atoms with E-state index in [1.807, 2.05) is 6.07 Å². The molecule has 1 heterocycles. The highest BCUT2D eigenvalue weighted by Crippen LogP contribution is 2.35. The van der Waals surface area contributed by atoms with Crippen molar-refractivity contribution in [1.82, 2.24) is 5.32 Å². The van der Waals surface area contributed by atoms with Crippen LogP contribution in [0.15, 0.2) is 47.5 Å². The molecular formula is C21H20ClF2N3O4S. The summed E-state index contributed by atoms with van der Waals surface area (Å²) in [6, 6.07) is 8.79. The molecule has 1 fully saturated rings. The average molecular weight is 484 g/mol. The Kier molecular flexibility index (Phi) is 7.95. The van der Waals surface area contributed by atoms with Crippen LogP contribution < -0.4 is 11.1 Å². The first-order valence-electron chi connectivity index (χ1n) is 9.41. The van der Waals surface area contributed by atoms with E-state index in [9.17, 15) is 24.1 Å². The zero-order chi connectivity index (χ0) is 23.4. The first-order valence-corrected chi connectivity index (χ1v) is 10.7. The van der Waals surface area contributed by atoms with E-state index in [1.165, 1.54) is 18.3 Å². The molecular weight excluding hydrogens is 464 g/mol. The summed E-state index contributed by atoms with van der Waals surface area (Å²) in [6.07, 6.45) is -2.32. The van der Waals surface area contributed by atoms with Crippen molar-refractivity contribution in [3.05, 3.63) is 70.4 Å². The summed E-state index contributed by atoms with van der Waals surface area (Å²) in [7, 11) is 0. The van der Waals surface area contributed by atoms with Gasteiger partial charge in [-0.25, -0.2) is 8.78 Å². The van der Waals surface area contributed by atoms with Gasteiger partial charge in [0, 0.05) is 16.7 Å². The standard InChI is InChI=1S/C21H20ClF2N3O4S/c22-13-6-12(3-1-11(13)7-25)32-21-20(30)18(19(29)17(9-28)31-21)27-8-16(26)10-2-4-14(23)15(24)5-10/h1-6,8,17-21,27-30H,9,26H2/b16-8-. The second-order valence-electron chi connectivity index (χ2n) is 7.00. The molecule has 0 amide bonds. The Hall–Kier alpha value is -2.39. The predicted molar refractivity (Wildman–Crippen MR) is 115 cm³/mol. The van der Waals surface area contributed by atoms with Crippen LogP contribution in [0.5, 0.6) is 0 Å². The molecule has 3 rings (SSSR count). The zero-order valence-corrected chi connectivity index (χ0v) is 18.0. The number of nitrogens with two attached hydrogens (primary N) is 1. The number of nitrogens with one attached hydrogen (secondary N) is 1. The quantitative estimate of drug-likeness (QED) is 0.421. The molecule has 2 aromatic rings. The molecule has 1 aliphatic rings. The Bertz CT molecular complexity index is 1050. The average Bonchev–Trinajstić information content (AvgIpc) is 2.77. The van der Waals surface area contributed by atoms with E-state index in [0.29, 0.717) is 10.5 Å². The molecule has 5 unspecified atom stereocenters. The summed E-state index contributed by atoms with van der Waals surface area (Å²) in [6.45, 7) is -0.514. The minimum atomic E-state index is -1.30.